The van der Waals surface area contributed by atoms with Crippen molar-refractivity contribution < 1.29 is 4.79 Å². The lowest BCUT2D eigenvalue weighted by molar-refractivity contribution is -0.116. The maximum atomic E-state index is 12.5. The number of carbonyl (C=O) groups is 1. The van der Waals surface area contributed by atoms with Crippen molar-refractivity contribution in [1.29, 1.82) is 0 Å². The Morgan fingerprint density at radius 3 is 2.44 bits per heavy atom. The fourth-order valence-corrected chi connectivity index (χ4v) is 3.46. The van der Waals surface area contributed by atoms with Crippen LogP contribution in [-0.2, 0) is 17.9 Å². The lowest BCUT2D eigenvalue weighted by atomic mass is 10.2. The molecule has 0 aliphatic rings. The normalized spacial score (nSPS) is 11.0. The molecule has 0 saturated carbocycles. The summed E-state index contributed by atoms with van der Waals surface area (Å²) in [6, 6.07) is 7.33. The molecule has 0 aliphatic carbocycles. The van der Waals surface area contributed by atoms with Crippen LogP contribution in [-0.4, -0.2) is 25.5 Å². The van der Waals surface area contributed by atoms with Crippen LogP contribution in [0, 0.1) is 27.7 Å². The molecule has 0 atom stereocenters. The van der Waals surface area contributed by atoms with Crippen molar-refractivity contribution in [1.82, 2.24) is 19.6 Å². The number of amides is 1. The zero-order valence-electron chi connectivity index (χ0n) is 15.7. The number of rotatable bonds is 5. The van der Waals surface area contributed by atoms with Crippen molar-refractivity contribution in [2.45, 2.75) is 40.8 Å². The number of aryl methyl sites for hydroxylation is 3. The predicted molar refractivity (Wildman–Crippen MR) is 108 cm³/mol. The minimum atomic E-state index is -0.142. The Morgan fingerprint density at radius 1 is 1.07 bits per heavy atom. The summed E-state index contributed by atoms with van der Waals surface area (Å²) in [6.45, 7) is 8.27. The van der Waals surface area contributed by atoms with E-state index in [0.29, 0.717) is 22.3 Å². The third-order valence-electron chi connectivity index (χ3n) is 4.38. The molecule has 2 heterocycles. The van der Waals surface area contributed by atoms with Gasteiger partial charge in [-0.3, -0.25) is 14.2 Å². The Balaban J connectivity index is 1.77. The van der Waals surface area contributed by atoms with Gasteiger partial charge in [-0.05, 0) is 51.5 Å². The average Bonchev–Trinajstić information content (AvgIpc) is 3.03. The molecule has 3 rings (SSSR count). The quantitative estimate of drug-likeness (QED) is 0.687. The molecule has 27 heavy (non-hydrogen) atoms. The second-order valence-electron chi connectivity index (χ2n) is 6.57. The molecular weight excluding hydrogens is 385 g/mol. The molecule has 6 nitrogen and oxygen atoms in total. The topological polar surface area (TPSA) is 64.7 Å². The summed E-state index contributed by atoms with van der Waals surface area (Å²) in [5.41, 5.74) is 5.07. The largest absolute Gasteiger partial charge is 0.321 e. The van der Waals surface area contributed by atoms with Crippen LogP contribution in [0.5, 0.6) is 0 Å². The molecular formula is C19H21Cl2N5O. The van der Waals surface area contributed by atoms with Gasteiger partial charge >= 0.3 is 0 Å². The number of nitrogens with zero attached hydrogens (tertiary/aromatic N) is 4. The van der Waals surface area contributed by atoms with Gasteiger partial charge in [-0.2, -0.15) is 10.2 Å². The van der Waals surface area contributed by atoms with Crippen molar-refractivity contribution >= 4 is 34.8 Å². The van der Waals surface area contributed by atoms with Crippen molar-refractivity contribution in [2.24, 2.45) is 0 Å². The van der Waals surface area contributed by atoms with Crippen molar-refractivity contribution in [3.8, 4) is 0 Å². The molecule has 1 amide bonds. The number of carbonyl (C=O) groups excluding carboxylic acids is 1. The zero-order chi connectivity index (χ0) is 19.7. The lowest BCUT2D eigenvalue weighted by Gasteiger charge is -2.09. The standard InChI is InChI=1S/C19H21Cl2N5O/c1-11-7-12(2)25(23-11)10-18(27)22-19-13(3)24-26(14(19)4)9-15-5-6-16(20)8-17(15)21/h5-8H,9-10H2,1-4H3,(H,22,27). The van der Waals surface area contributed by atoms with Gasteiger partial charge in [0.1, 0.15) is 6.54 Å². The monoisotopic (exact) mass is 405 g/mol. The van der Waals surface area contributed by atoms with Crippen LogP contribution in [0.3, 0.4) is 0 Å². The van der Waals surface area contributed by atoms with Gasteiger partial charge in [0.15, 0.2) is 0 Å². The molecule has 0 bridgehead atoms. The zero-order valence-corrected chi connectivity index (χ0v) is 17.2. The van der Waals surface area contributed by atoms with E-state index in [-0.39, 0.29) is 12.5 Å². The summed E-state index contributed by atoms with van der Waals surface area (Å²) in [7, 11) is 0. The maximum Gasteiger partial charge on any atom is 0.246 e. The highest BCUT2D eigenvalue weighted by Gasteiger charge is 2.16. The Bertz CT molecular complexity index is 1010. The highest BCUT2D eigenvalue weighted by molar-refractivity contribution is 6.35. The van der Waals surface area contributed by atoms with E-state index < -0.39 is 0 Å². The van der Waals surface area contributed by atoms with E-state index in [2.05, 4.69) is 15.5 Å². The van der Waals surface area contributed by atoms with Gasteiger partial charge in [0, 0.05) is 15.7 Å². The molecule has 0 unspecified atom stereocenters. The van der Waals surface area contributed by atoms with Gasteiger partial charge in [0.05, 0.1) is 29.3 Å². The first-order chi connectivity index (χ1) is 12.7. The molecule has 8 heteroatoms. The minimum Gasteiger partial charge on any atom is -0.321 e. The van der Waals surface area contributed by atoms with Gasteiger partial charge in [0.2, 0.25) is 5.91 Å². The summed E-state index contributed by atoms with van der Waals surface area (Å²) in [6.07, 6.45) is 0. The van der Waals surface area contributed by atoms with E-state index in [4.69, 9.17) is 23.2 Å². The fraction of sp³-hybridized carbons (Fsp3) is 0.316. The third-order valence-corrected chi connectivity index (χ3v) is 4.96. The first-order valence-corrected chi connectivity index (χ1v) is 9.29. The van der Waals surface area contributed by atoms with E-state index in [0.717, 1.165) is 28.3 Å². The maximum absolute atomic E-state index is 12.5. The number of aromatic nitrogens is 4. The number of benzene rings is 1. The Hall–Kier alpha value is -2.31. The van der Waals surface area contributed by atoms with Crippen LogP contribution in [0.4, 0.5) is 5.69 Å². The highest BCUT2D eigenvalue weighted by atomic mass is 35.5. The van der Waals surface area contributed by atoms with Crippen LogP contribution in [0.15, 0.2) is 24.3 Å². The number of nitrogens with one attached hydrogen (secondary N) is 1. The van der Waals surface area contributed by atoms with Crippen LogP contribution in [0.1, 0.15) is 28.3 Å². The molecule has 0 aliphatic heterocycles. The summed E-state index contributed by atoms with van der Waals surface area (Å²) in [4.78, 5) is 12.5. The Labute approximate surface area is 168 Å². The van der Waals surface area contributed by atoms with Crippen molar-refractivity contribution in [3.05, 3.63) is 62.6 Å². The second kappa shape index (κ2) is 7.74. The Kier molecular flexibility index (Phi) is 5.58. The number of hydrogen-bond acceptors (Lipinski definition) is 3. The minimum absolute atomic E-state index is 0.142. The fourth-order valence-electron chi connectivity index (χ4n) is 2.99. The second-order valence-corrected chi connectivity index (χ2v) is 7.42. The van der Waals surface area contributed by atoms with Crippen LogP contribution in [0.25, 0.3) is 0 Å². The summed E-state index contributed by atoms with van der Waals surface area (Å²) in [5, 5.41) is 13.0. The van der Waals surface area contributed by atoms with Crippen LogP contribution < -0.4 is 5.32 Å². The molecule has 0 spiro atoms. The number of hydrogen-bond donors (Lipinski definition) is 1. The molecule has 0 saturated heterocycles. The SMILES string of the molecule is Cc1cc(C)n(CC(=O)Nc2c(C)nn(Cc3ccc(Cl)cc3Cl)c2C)n1. The smallest absolute Gasteiger partial charge is 0.246 e. The van der Waals surface area contributed by atoms with E-state index >= 15 is 0 Å². The summed E-state index contributed by atoms with van der Waals surface area (Å²) >= 11 is 12.2. The van der Waals surface area contributed by atoms with E-state index in [1.165, 1.54) is 0 Å². The molecule has 0 radical (unpaired) electrons. The van der Waals surface area contributed by atoms with Crippen molar-refractivity contribution in [3.63, 3.8) is 0 Å². The highest BCUT2D eigenvalue weighted by Crippen LogP contribution is 2.25. The van der Waals surface area contributed by atoms with Gasteiger partial charge in [0.25, 0.3) is 0 Å². The van der Waals surface area contributed by atoms with Gasteiger partial charge < -0.3 is 5.32 Å². The molecule has 2 aromatic heterocycles. The number of anilines is 1. The molecule has 3 aromatic rings. The predicted octanol–water partition coefficient (Wildman–Crippen LogP) is 4.31. The number of halogens is 2. The molecule has 0 fully saturated rings. The lowest BCUT2D eigenvalue weighted by Crippen LogP contribution is -2.21. The van der Waals surface area contributed by atoms with Crippen molar-refractivity contribution in [2.75, 3.05) is 5.32 Å². The van der Waals surface area contributed by atoms with E-state index in [1.54, 1.807) is 16.8 Å². The third kappa shape index (κ3) is 4.34. The molecule has 1 N–H and O–H groups in total. The van der Waals surface area contributed by atoms with E-state index in [1.807, 2.05) is 44.5 Å². The summed E-state index contributed by atoms with van der Waals surface area (Å²) in [5.74, 6) is -0.142. The first kappa shape index (κ1) is 19.5. The van der Waals surface area contributed by atoms with Crippen LogP contribution >= 0.6 is 23.2 Å². The first-order valence-electron chi connectivity index (χ1n) is 8.53. The average molecular weight is 406 g/mol. The summed E-state index contributed by atoms with van der Waals surface area (Å²) < 4.78 is 3.51. The van der Waals surface area contributed by atoms with Gasteiger partial charge in [-0.1, -0.05) is 29.3 Å². The molecule has 142 valence electrons. The van der Waals surface area contributed by atoms with Crippen LogP contribution in [0.2, 0.25) is 10.0 Å². The molecule has 1 aromatic carbocycles. The Morgan fingerprint density at radius 2 is 1.81 bits per heavy atom. The van der Waals surface area contributed by atoms with E-state index in [9.17, 15) is 4.79 Å². The van der Waals surface area contributed by atoms with Gasteiger partial charge in [-0.15, -0.1) is 0 Å². The van der Waals surface area contributed by atoms with Gasteiger partial charge in [-0.25, -0.2) is 0 Å².